The summed E-state index contributed by atoms with van der Waals surface area (Å²) < 4.78 is 99.6. The van der Waals surface area contributed by atoms with Crippen molar-refractivity contribution in [3.05, 3.63) is 70.9 Å². The topological polar surface area (TPSA) is 40.5 Å². The molecule has 0 saturated carbocycles. The molecule has 0 heterocycles. The van der Waals surface area contributed by atoms with Crippen molar-refractivity contribution in [1.82, 2.24) is 0 Å². The minimum absolute atomic E-state index is 0.0537. The lowest BCUT2D eigenvalue weighted by atomic mass is 9.50. The van der Waals surface area contributed by atoms with E-state index in [0.717, 1.165) is 37.1 Å². The number of hydrogen-bond acceptors (Lipinski definition) is 2. The molecule has 8 heteroatoms. The summed E-state index contributed by atoms with van der Waals surface area (Å²) in [6, 6.07) is 0. The smallest absolute Gasteiger partial charge is 0.388 e. The van der Waals surface area contributed by atoms with Gasteiger partial charge in [-0.05, 0) is 82.5 Å². The quantitative estimate of drug-likeness (QED) is 0.107. The molecule has 0 saturated heterocycles. The lowest BCUT2D eigenvalue weighted by Crippen LogP contribution is -2.58. The standard InChI is InChI=1S/C47H74F6O2/c1-15-21-23-25-27-43(41(11,12)19-5)31-33(29-35(37(43)54)39(7,8)17-3)45(46(48,49)50,47(51,52)53)34-30-36(40(9,10)18-4)38(55)44(32-34,42(13,14)20-6)28-26-24-22-16-2/h23-26,29-32,37-38,54-55H,15-22,27-28H2,1-14H3. The molecule has 316 valence electrons. The minimum atomic E-state index is -5.87. The van der Waals surface area contributed by atoms with Crippen LogP contribution in [0, 0.1) is 37.9 Å². The first-order chi connectivity index (χ1) is 25.1. The number of halogens is 6. The number of alkyl halides is 6. The molecule has 2 nitrogen and oxygen atoms in total. The predicted molar refractivity (Wildman–Crippen MR) is 217 cm³/mol. The van der Waals surface area contributed by atoms with Gasteiger partial charge in [0.2, 0.25) is 5.41 Å². The predicted octanol–water partition coefficient (Wildman–Crippen LogP) is 14.8. The van der Waals surface area contributed by atoms with E-state index in [0.29, 0.717) is 38.5 Å². The molecule has 2 aliphatic carbocycles. The molecule has 0 bridgehead atoms. The zero-order valence-electron chi connectivity index (χ0n) is 36.5. The Morgan fingerprint density at radius 1 is 0.527 bits per heavy atom. The average Bonchev–Trinajstić information content (AvgIpc) is 3.09. The molecule has 0 aromatic rings. The summed E-state index contributed by atoms with van der Waals surface area (Å²) in [5, 5.41) is 24.9. The van der Waals surface area contributed by atoms with Crippen LogP contribution in [-0.4, -0.2) is 34.8 Å². The summed E-state index contributed by atoms with van der Waals surface area (Å²) >= 11 is 0. The highest BCUT2D eigenvalue weighted by atomic mass is 19.4. The highest BCUT2D eigenvalue weighted by Gasteiger charge is 2.75. The van der Waals surface area contributed by atoms with E-state index in [4.69, 9.17) is 0 Å². The van der Waals surface area contributed by atoms with Crippen LogP contribution in [0.1, 0.15) is 161 Å². The second-order valence-electron chi connectivity index (χ2n) is 18.9. The van der Waals surface area contributed by atoms with Gasteiger partial charge in [-0.1, -0.05) is 171 Å². The largest absolute Gasteiger partial charge is 0.411 e. The fourth-order valence-corrected chi connectivity index (χ4v) is 8.61. The highest BCUT2D eigenvalue weighted by Crippen LogP contribution is 2.67. The summed E-state index contributed by atoms with van der Waals surface area (Å²) in [4.78, 5) is 0. The third kappa shape index (κ3) is 8.71. The molecule has 0 aliphatic heterocycles. The van der Waals surface area contributed by atoms with Gasteiger partial charge < -0.3 is 10.2 Å². The van der Waals surface area contributed by atoms with E-state index >= 15 is 26.3 Å². The summed E-state index contributed by atoms with van der Waals surface area (Å²) in [5.41, 5.74) is -12.8. The van der Waals surface area contributed by atoms with Crippen molar-refractivity contribution in [2.24, 2.45) is 37.9 Å². The molecule has 0 amide bonds. The van der Waals surface area contributed by atoms with E-state index in [9.17, 15) is 10.2 Å². The SMILES string of the molecule is CCCC=CCC1(C(C)(C)CC)C=C(C(C2=CC(CC=CCCC)(C(C)(C)CC)C(O)C(C(C)(C)CC)=C2)(C(F)(F)F)C(F)(F)F)C=C(C(C)(C)CC)C1O. The Morgan fingerprint density at radius 3 is 1.07 bits per heavy atom. The molecule has 0 radical (unpaired) electrons. The maximum absolute atomic E-state index is 16.6. The van der Waals surface area contributed by atoms with Crippen LogP contribution in [0.5, 0.6) is 0 Å². The highest BCUT2D eigenvalue weighted by molar-refractivity contribution is 5.55. The second kappa shape index (κ2) is 17.4. The number of allylic oxidation sites excluding steroid dienone is 8. The van der Waals surface area contributed by atoms with Gasteiger partial charge in [-0.25, -0.2) is 0 Å². The van der Waals surface area contributed by atoms with Crippen molar-refractivity contribution in [3.8, 4) is 0 Å². The molecule has 0 fully saturated rings. The van der Waals surface area contributed by atoms with Crippen molar-refractivity contribution in [2.45, 2.75) is 186 Å². The van der Waals surface area contributed by atoms with Gasteiger partial charge in [0.15, 0.2) is 0 Å². The Bertz CT molecular complexity index is 1380. The molecule has 0 aromatic carbocycles. The molecular formula is C47H74F6O2. The van der Waals surface area contributed by atoms with Gasteiger partial charge >= 0.3 is 12.4 Å². The van der Waals surface area contributed by atoms with Crippen LogP contribution in [0.3, 0.4) is 0 Å². The number of aliphatic hydroxyl groups is 2. The molecule has 55 heavy (non-hydrogen) atoms. The van der Waals surface area contributed by atoms with E-state index < -0.39 is 73.6 Å². The molecule has 2 aliphatic rings. The average molecular weight is 785 g/mol. The molecule has 4 atom stereocenters. The number of aliphatic hydroxyl groups excluding tert-OH is 2. The van der Waals surface area contributed by atoms with E-state index in [-0.39, 0.29) is 24.0 Å². The lowest BCUT2D eigenvalue weighted by Gasteiger charge is -2.56. The van der Waals surface area contributed by atoms with Crippen LogP contribution in [-0.2, 0) is 0 Å². The minimum Gasteiger partial charge on any atom is -0.388 e. The summed E-state index contributed by atoms with van der Waals surface area (Å²) in [6.07, 6.45) is 2.04. The number of unbranched alkanes of at least 4 members (excludes halogenated alkanes) is 2. The van der Waals surface area contributed by atoms with Gasteiger partial charge in [-0.2, -0.15) is 26.3 Å². The number of hydrogen-bond donors (Lipinski definition) is 2. The van der Waals surface area contributed by atoms with Crippen LogP contribution < -0.4 is 0 Å². The molecule has 0 aromatic heterocycles. The second-order valence-corrected chi connectivity index (χ2v) is 18.9. The third-order valence-electron chi connectivity index (χ3n) is 14.5. The van der Waals surface area contributed by atoms with Crippen molar-refractivity contribution < 1.29 is 36.6 Å². The van der Waals surface area contributed by atoms with E-state index in [1.807, 2.05) is 93.5 Å². The van der Waals surface area contributed by atoms with E-state index in [2.05, 4.69) is 0 Å². The zero-order valence-corrected chi connectivity index (χ0v) is 36.5. The van der Waals surface area contributed by atoms with Crippen LogP contribution in [0.2, 0.25) is 0 Å². The maximum Gasteiger partial charge on any atom is 0.411 e. The fraction of sp³-hybridized carbons (Fsp3) is 0.745. The van der Waals surface area contributed by atoms with Crippen LogP contribution in [0.25, 0.3) is 0 Å². The Balaban J connectivity index is 3.55. The van der Waals surface area contributed by atoms with Gasteiger partial charge in [-0.3, -0.25) is 0 Å². The Kier molecular flexibility index (Phi) is 15.6. The molecule has 2 N–H and O–H groups in total. The van der Waals surface area contributed by atoms with Crippen LogP contribution in [0.15, 0.2) is 70.9 Å². The van der Waals surface area contributed by atoms with E-state index in [1.165, 1.54) is 0 Å². The Morgan fingerprint density at radius 2 is 0.836 bits per heavy atom. The van der Waals surface area contributed by atoms with Gasteiger partial charge in [0, 0.05) is 10.8 Å². The first-order valence-corrected chi connectivity index (χ1v) is 20.8. The maximum atomic E-state index is 16.6. The Hall–Kier alpha value is -2.06. The monoisotopic (exact) mass is 785 g/mol. The molecule has 4 unspecified atom stereocenters. The lowest BCUT2D eigenvalue weighted by molar-refractivity contribution is -0.309. The molecule has 2 rings (SSSR count). The van der Waals surface area contributed by atoms with Crippen molar-refractivity contribution in [3.63, 3.8) is 0 Å². The van der Waals surface area contributed by atoms with Crippen molar-refractivity contribution in [1.29, 1.82) is 0 Å². The zero-order chi connectivity index (χ0) is 42.7. The first-order valence-electron chi connectivity index (χ1n) is 20.8. The van der Waals surface area contributed by atoms with Crippen molar-refractivity contribution >= 4 is 0 Å². The normalized spacial score (nSPS) is 25.3. The van der Waals surface area contributed by atoms with Crippen molar-refractivity contribution in [2.75, 3.05) is 0 Å². The molecule has 0 spiro atoms. The van der Waals surface area contributed by atoms with Gasteiger partial charge in [0.05, 0.1) is 12.2 Å². The molecular weight excluding hydrogens is 711 g/mol. The Labute approximate surface area is 330 Å². The summed E-state index contributed by atoms with van der Waals surface area (Å²) in [7, 11) is 0. The third-order valence-corrected chi connectivity index (χ3v) is 14.5. The van der Waals surface area contributed by atoms with Gasteiger partial charge in [0.1, 0.15) is 0 Å². The summed E-state index contributed by atoms with van der Waals surface area (Å²) in [6.45, 7) is 25.8. The van der Waals surface area contributed by atoms with Crippen LogP contribution >= 0.6 is 0 Å². The van der Waals surface area contributed by atoms with Gasteiger partial charge in [-0.15, -0.1) is 0 Å². The number of rotatable bonds is 18. The van der Waals surface area contributed by atoms with Gasteiger partial charge in [0.25, 0.3) is 0 Å². The van der Waals surface area contributed by atoms with E-state index in [1.54, 1.807) is 27.7 Å². The van der Waals surface area contributed by atoms with Crippen LogP contribution in [0.4, 0.5) is 26.3 Å². The first kappa shape index (κ1) is 49.1. The summed E-state index contributed by atoms with van der Waals surface area (Å²) in [5.74, 6) is 0. The fourth-order valence-electron chi connectivity index (χ4n) is 8.61.